The molecule has 0 amide bonds. The zero-order valence-corrected chi connectivity index (χ0v) is 5.20. The summed E-state index contributed by atoms with van der Waals surface area (Å²) in [5.41, 5.74) is -2.07. The summed E-state index contributed by atoms with van der Waals surface area (Å²) in [5, 5.41) is 17.7. The molecule has 0 aromatic rings. The lowest BCUT2D eigenvalue weighted by Gasteiger charge is -2.11. The van der Waals surface area contributed by atoms with Crippen LogP contribution in [0.2, 0.25) is 0 Å². The summed E-state index contributed by atoms with van der Waals surface area (Å²) in [5.74, 6) is -2.21. The summed E-state index contributed by atoms with van der Waals surface area (Å²) in [7, 11) is 0. The minimum absolute atomic E-state index is 1.02. The van der Waals surface area contributed by atoms with Gasteiger partial charge in [0.05, 0.1) is 0 Å². The van der Waals surface area contributed by atoms with E-state index in [1.165, 1.54) is 0 Å². The van der Waals surface area contributed by atoms with Gasteiger partial charge in [-0.3, -0.25) is 0 Å². The van der Waals surface area contributed by atoms with Crippen LogP contribution in [0.5, 0.6) is 0 Å². The molecule has 0 radical (unpaired) electrons. The fourth-order valence-corrected chi connectivity index (χ4v) is 0.592. The van der Waals surface area contributed by atoms with Gasteiger partial charge in [0.1, 0.15) is 0 Å². The first kappa shape index (κ1) is 7.17. The molecule has 2 unspecified atom stereocenters. The molecule has 5 nitrogen and oxygen atoms in total. The first-order valence-corrected chi connectivity index (χ1v) is 2.63. The third-order valence-corrected chi connectivity index (χ3v) is 1.36. The Kier molecular flexibility index (Phi) is 1.27. The molecule has 1 saturated heterocycles. The van der Waals surface area contributed by atoms with Gasteiger partial charge in [0.15, 0.2) is 11.7 Å². The summed E-state index contributed by atoms with van der Waals surface area (Å²) in [6.07, 6.45) is -1.75. The predicted molar refractivity (Wildman–Crippen MR) is 27.7 cm³/mol. The molecule has 0 aromatic heterocycles. The van der Waals surface area contributed by atoms with Gasteiger partial charge < -0.3 is 14.9 Å². The second-order valence-electron chi connectivity index (χ2n) is 2.26. The number of hydrogen-bond donors (Lipinski definition) is 2. The standard InChI is InChI=1S/C5H6O5/c1-5(9)2(6)3(7)10-4(5)8/h2,6,9H,1H3. The molecule has 0 spiro atoms. The van der Waals surface area contributed by atoms with Crippen LogP contribution >= 0.6 is 0 Å². The number of hydrogen-bond acceptors (Lipinski definition) is 5. The average molecular weight is 146 g/mol. The normalized spacial score (nSPS) is 40.1. The van der Waals surface area contributed by atoms with Crippen molar-refractivity contribution in [2.75, 3.05) is 0 Å². The molecule has 0 aliphatic carbocycles. The fourth-order valence-electron chi connectivity index (χ4n) is 0.592. The number of aliphatic hydroxyl groups is 2. The predicted octanol–water partition coefficient (Wildman–Crippen LogP) is -1.82. The summed E-state index contributed by atoms with van der Waals surface area (Å²) in [6.45, 7) is 1.02. The second kappa shape index (κ2) is 1.77. The quantitative estimate of drug-likeness (QED) is 0.310. The second-order valence-corrected chi connectivity index (χ2v) is 2.26. The van der Waals surface area contributed by atoms with Gasteiger partial charge in [-0.15, -0.1) is 0 Å². The third-order valence-electron chi connectivity index (χ3n) is 1.36. The molecule has 0 bridgehead atoms. The van der Waals surface area contributed by atoms with Crippen molar-refractivity contribution in [2.45, 2.75) is 18.6 Å². The maximum atomic E-state index is 10.5. The van der Waals surface area contributed by atoms with E-state index in [1.54, 1.807) is 0 Å². The van der Waals surface area contributed by atoms with Gasteiger partial charge >= 0.3 is 11.9 Å². The summed E-state index contributed by atoms with van der Waals surface area (Å²) < 4.78 is 3.91. The molecule has 5 heteroatoms. The van der Waals surface area contributed by atoms with Crippen LogP contribution in [0.3, 0.4) is 0 Å². The Morgan fingerprint density at radius 3 is 2.20 bits per heavy atom. The Bertz CT molecular complexity index is 194. The van der Waals surface area contributed by atoms with Crippen molar-refractivity contribution in [2.24, 2.45) is 0 Å². The van der Waals surface area contributed by atoms with E-state index < -0.39 is 23.6 Å². The minimum atomic E-state index is -2.07. The molecule has 1 heterocycles. The first-order valence-electron chi connectivity index (χ1n) is 2.63. The van der Waals surface area contributed by atoms with Gasteiger partial charge in [-0.25, -0.2) is 9.59 Å². The van der Waals surface area contributed by atoms with Gasteiger partial charge in [0.2, 0.25) is 0 Å². The molecule has 1 aliphatic rings. The number of carbonyl (C=O) groups excluding carboxylic acids is 2. The highest BCUT2D eigenvalue weighted by molar-refractivity contribution is 6.01. The van der Waals surface area contributed by atoms with Crippen LogP contribution in [0, 0.1) is 0 Å². The smallest absolute Gasteiger partial charge is 0.348 e. The Morgan fingerprint density at radius 2 is 2.10 bits per heavy atom. The third kappa shape index (κ3) is 0.714. The zero-order chi connectivity index (χ0) is 7.94. The lowest BCUT2D eigenvalue weighted by atomic mass is 10.0. The van der Waals surface area contributed by atoms with E-state index in [-0.39, 0.29) is 0 Å². The number of carbonyl (C=O) groups is 2. The SMILES string of the molecule is CC1(O)C(=O)OC(=O)C1O. The van der Waals surface area contributed by atoms with E-state index in [2.05, 4.69) is 4.74 Å². The van der Waals surface area contributed by atoms with E-state index in [4.69, 9.17) is 10.2 Å². The molecule has 1 fully saturated rings. The zero-order valence-electron chi connectivity index (χ0n) is 5.20. The van der Waals surface area contributed by atoms with Crippen LogP contribution in [0.1, 0.15) is 6.92 Å². The average Bonchev–Trinajstić information content (AvgIpc) is 1.97. The molecule has 0 aromatic carbocycles. The maximum absolute atomic E-state index is 10.5. The highest BCUT2D eigenvalue weighted by Gasteiger charge is 2.52. The number of ether oxygens (including phenoxy) is 1. The van der Waals surface area contributed by atoms with Gasteiger partial charge in [-0.05, 0) is 6.92 Å². The van der Waals surface area contributed by atoms with Crippen molar-refractivity contribution in [3.63, 3.8) is 0 Å². The van der Waals surface area contributed by atoms with E-state index in [0.717, 1.165) is 6.92 Å². The Balaban J connectivity index is 2.96. The molecule has 1 rings (SSSR count). The van der Waals surface area contributed by atoms with Crippen molar-refractivity contribution in [3.05, 3.63) is 0 Å². The first-order chi connectivity index (χ1) is 4.46. The van der Waals surface area contributed by atoms with Crippen LogP contribution in [0.25, 0.3) is 0 Å². The molecular formula is C5H6O5. The van der Waals surface area contributed by atoms with E-state index in [9.17, 15) is 9.59 Å². The van der Waals surface area contributed by atoms with Crippen LogP contribution in [-0.2, 0) is 14.3 Å². The van der Waals surface area contributed by atoms with Crippen LogP contribution in [-0.4, -0.2) is 33.9 Å². The Hall–Kier alpha value is -0.940. The Morgan fingerprint density at radius 1 is 1.60 bits per heavy atom. The lowest BCUT2D eigenvalue weighted by molar-refractivity contribution is -0.157. The fraction of sp³-hybridized carbons (Fsp3) is 0.600. The van der Waals surface area contributed by atoms with Crippen molar-refractivity contribution in [1.29, 1.82) is 0 Å². The number of cyclic esters (lactones) is 2. The van der Waals surface area contributed by atoms with E-state index in [0.29, 0.717) is 0 Å². The Labute approximate surface area is 56.2 Å². The van der Waals surface area contributed by atoms with E-state index >= 15 is 0 Å². The van der Waals surface area contributed by atoms with Crippen molar-refractivity contribution < 1.29 is 24.5 Å². The van der Waals surface area contributed by atoms with Crippen LogP contribution in [0.15, 0.2) is 0 Å². The maximum Gasteiger partial charge on any atom is 0.348 e. The highest BCUT2D eigenvalue weighted by Crippen LogP contribution is 2.20. The lowest BCUT2D eigenvalue weighted by Crippen LogP contribution is -2.41. The van der Waals surface area contributed by atoms with Crippen molar-refractivity contribution >= 4 is 11.9 Å². The minimum Gasteiger partial charge on any atom is -0.389 e. The topological polar surface area (TPSA) is 83.8 Å². The molecule has 1 aliphatic heterocycles. The monoisotopic (exact) mass is 146 g/mol. The molecule has 2 N–H and O–H groups in total. The van der Waals surface area contributed by atoms with Crippen LogP contribution < -0.4 is 0 Å². The number of rotatable bonds is 0. The van der Waals surface area contributed by atoms with Gasteiger partial charge in [-0.2, -0.15) is 0 Å². The largest absolute Gasteiger partial charge is 0.389 e. The van der Waals surface area contributed by atoms with Gasteiger partial charge in [-0.1, -0.05) is 0 Å². The molecule has 0 saturated carbocycles. The van der Waals surface area contributed by atoms with Gasteiger partial charge in [0.25, 0.3) is 0 Å². The molecular weight excluding hydrogens is 140 g/mol. The van der Waals surface area contributed by atoms with Crippen molar-refractivity contribution in [1.82, 2.24) is 0 Å². The summed E-state index contributed by atoms with van der Waals surface area (Å²) in [4.78, 5) is 20.8. The molecule has 2 atom stereocenters. The van der Waals surface area contributed by atoms with Crippen molar-refractivity contribution in [3.8, 4) is 0 Å². The number of esters is 2. The summed E-state index contributed by atoms with van der Waals surface area (Å²) >= 11 is 0. The summed E-state index contributed by atoms with van der Waals surface area (Å²) in [6, 6.07) is 0. The molecule has 56 valence electrons. The van der Waals surface area contributed by atoms with Crippen LogP contribution in [0.4, 0.5) is 0 Å². The molecule has 10 heavy (non-hydrogen) atoms. The van der Waals surface area contributed by atoms with Gasteiger partial charge in [0, 0.05) is 0 Å². The number of aliphatic hydroxyl groups excluding tert-OH is 1. The highest BCUT2D eigenvalue weighted by atomic mass is 16.6. The van der Waals surface area contributed by atoms with E-state index in [1.807, 2.05) is 0 Å².